The van der Waals surface area contributed by atoms with Gasteiger partial charge in [0.25, 0.3) is 5.91 Å². The molecule has 0 bridgehead atoms. The van der Waals surface area contributed by atoms with Crippen molar-refractivity contribution in [3.63, 3.8) is 0 Å². The molecular formula is C16H24ClN3O3. The van der Waals surface area contributed by atoms with Crippen molar-refractivity contribution in [2.45, 2.75) is 39.2 Å². The Balaban J connectivity index is 2.64. The van der Waals surface area contributed by atoms with E-state index < -0.39 is 11.6 Å². The molecule has 1 atom stereocenters. The van der Waals surface area contributed by atoms with Gasteiger partial charge in [-0.25, -0.2) is 4.79 Å². The molecule has 23 heavy (non-hydrogen) atoms. The first-order valence-corrected chi connectivity index (χ1v) is 8.02. The van der Waals surface area contributed by atoms with Crippen LogP contribution in [0.15, 0.2) is 18.2 Å². The maximum Gasteiger partial charge on any atom is 0.319 e. The third-order valence-electron chi connectivity index (χ3n) is 3.40. The maximum absolute atomic E-state index is 11.9. The monoisotopic (exact) mass is 341 g/mol. The van der Waals surface area contributed by atoms with Crippen LogP contribution in [0.25, 0.3) is 0 Å². The third-order valence-corrected chi connectivity index (χ3v) is 3.71. The maximum atomic E-state index is 11.9. The van der Waals surface area contributed by atoms with E-state index in [2.05, 4.69) is 16.0 Å². The normalized spacial score (nSPS) is 13.1. The molecule has 0 heterocycles. The lowest BCUT2D eigenvalue weighted by atomic mass is 10.0. The first-order chi connectivity index (χ1) is 10.8. The van der Waals surface area contributed by atoms with Gasteiger partial charge in [-0.05, 0) is 38.0 Å². The zero-order chi connectivity index (χ0) is 17.5. The zero-order valence-corrected chi connectivity index (χ0v) is 14.5. The van der Waals surface area contributed by atoms with Gasteiger partial charge in [0.15, 0.2) is 0 Å². The van der Waals surface area contributed by atoms with Gasteiger partial charge in [0.1, 0.15) is 0 Å². The second kappa shape index (κ2) is 8.74. The standard InChI is InChI=1S/C16H24ClN3O3/c1-4-8-18-14(21)12-7-6-11(9-13(12)17)20-15(22)19-10-16(3,23)5-2/h6-7,9,23H,4-5,8,10H2,1-3H3,(H,18,21)(H2,19,20,22). The molecule has 7 heteroatoms. The Hall–Kier alpha value is -1.79. The first-order valence-electron chi connectivity index (χ1n) is 7.64. The van der Waals surface area contributed by atoms with Crippen molar-refractivity contribution in [1.82, 2.24) is 10.6 Å². The van der Waals surface area contributed by atoms with Crippen LogP contribution >= 0.6 is 11.6 Å². The number of nitrogens with one attached hydrogen (secondary N) is 3. The van der Waals surface area contributed by atoms with Crippen LogP contribution in [0, 0.1) is 0 Å². The van der Waals surface area contributed by atoms with E-state index in [1.807, 2.05) is 13.8 Å². The summed E-state index contributed by atoms with van der Waals surface area (Å²) in [6, 6.07) is 4.23. The summed E-state index contributed by atoms with van der Waals surface area (Å²) in [4.78, 5) is 23.7. The molecule has 0 aliphatic carbocycles. The lowest BCUT2D eigenvalue weighted by Gasteiger charge is -2.21. The molecule has 128 valence electrons. The lowest BCUT2D eigenvalue weighted by Crippen LogP contribution is -2.41. The second-order valence-electron chi connectivity index (χ2n) is 5.61. The number of hydrogen-bond acceptors (Lipinski definition) is 3. The molecule has 3 amide bonds. The van der Waals surface area contributed by atoms with E-state index in [1.54, 1.807) is 19.1 Å². The van der Waals surface area contributed by atoms with Crippen molar-refractivity contribution >= 4 is 29.2 Å². The average Bonchev–Trinajstić information content (AvgIpc) is 2.51. The number of halogens is 1. The summed E-state index contributed by atoms with van der Waals surface area (Å²) in [5.74, 6) is -0.244. The van der Waals surface area contributed by atoms with Gasteiger partial charge in [-0.2, -0.15) is 0 Å². The van der Waals surface area contributed by atoms with E-state index in [0.29, 0.717) is 24.2 Å². The van der Waals surface area contributed by atoms with E-state index >= 15 is 0 Å². The van der Waals surface area contributed by atoms with Crippen LogP contribution in [0.3, 0.4) is 0 Å². The fourth-order valence-electron chi connectivity index (χ4n) is 1.68. The van der Waals surface area contributed by atoms with Crippen LogP contribution in [0.2, 0.25) is 5.02 Å². The number of anilines is 1. The zero-order valence-electron chi connectivity index (χ0n) is 13.7. The van der Waals surface area contributed by atoms with Crippen LogP contribution in [-0.2, 0) is 0 Å². The molecule has 1 aromatic carbocycles. The Labute approximate surface area is 141 Å². The number of amides is 3. The van der Waals surface area contributed by atoms with Crippen LogP contribution in [0.5, 0.6) is 0 Å². The molecule has 0 fully saturated rings. The van der Waals surface area contributed by atoms with Crippen LogP contribution in [0.4, 0.5) is 10.5 Å². The van der Waals surface area contributed by atoms with Crippen molar-refractivity contribution in [2.24, 2.45) is 0 Å². The fourth-order valence-corrected chi connectivity index (χ4v) is 1.95. The summed E-state index contributed by atoms with van der Waals surface area (Å²) < 4.78 is 0. The summed E-state index contributed by atoms with van der Waals surface area (Å²) in [6.45, 7) is 6.16. The second-order valence-corrected chi connectivity index (χ2v) is 6.02. The van der Waals surface area contributed by atoms with E-state index in [9.17, 15) is 14.7 Å². The highest BCUT2D eigenvalue weighted by Crippen LogP contribution is 2.21. The van der Waals surface area contributed by atoms with Crippen LogP contribution in [0.1, 0.15) is 44.0 Å². The topological polar surface area (TPSA) is 90.5 Å². The number of rotatable bonds is 7. The first kappa shape index (κ1) is 19.3. The van der Waals surface area contributed by atoms with Gasteiger partial charge in [-0.1, -0.05) is 25.4 Å². The van der Waals surface area contributed by atoms with Crippen molar-refractivity contribution in [3.05, 3.63) is 28.8 Å². The molecule has 0 saturated heterocycles. The van der Waals surface area contributed by atoms with E-state index in [0.717, 1.165) is 6.42 Å². The van der Waals surface area contributed by atoms with Gasteiger partial charge in [0.2, 0.25) is 0 Å². The predicted octanol–water partition coefficient (Wildman–Crippen LogP) is 2.76. The van der Waals surface area contributed by atoms with Gasteiger partial charge in [0, 0.05) is 18.8 Å². The van der Waals surface area contributed by atoms with E-state index in [1.165, 1.54) is 6.07 Å². The number of urea groups is 1. The van der Waals surface area contributed by atoms with Gasteiger partial charge >= 0.3 is 6.03 Å². The molecule has 1 aromatic rings. The number of benzene rings is 1. The van der Waals surface area contributed by atoms with Gasteiger partial charge in [-0.3, -0.25) is 4.79 Å². The minimum Gasteiger partial charge on any atom is -0.388 e. The number of aliphatic hydroxyl groups is 1. The Morgan fingerprint density at radius 3 is 2.52 bits per heavy atom. The van der Waals surface area contributed by atoms with Crippen LogP contribution in [-0.4, -0.2) is 35.7 Å². The number of hydrogen-bond donors (Lipinski definition) is 4. The Kier molecular flexibility index (Phi) is 7.32. The van der Waals surface area contributed by atoms with Gasteiger partial charge in [-0.15, -0.1) is 0 Å². The van der Waals surface area contributed by atoms with Crippen molar-refractivity contribution < 1.29 is 14.7 Å². The van der Waals surface area contributed by atoms with Crippen molar-refractivity contribution in [3.8, 4) is 0 Å². The smallest absolute Gasteiger partial charge is 0.319 e. The Morgan fingerprint density at radius 1 is 1.26 bits per heavy atom. The molecule has 0 aliphatic heterocycles. The largest absolute Gasteiger partial charge is 0.388 e. The van der Waals surface area contributed by atoms with E-state index in [-0.39, 0.29) is 17.5 Å². The molecule has 1 rings (SSSR count). The SMILES string of the molecule is CCCNC(=O)c1ccc(NC(=O)NCC(C)(O)CC)cc1Cl. The lowest BCUT2D eigenvalue weighted by molar-refractivity contribution is 0.0587. The summed E-state index contributed by atoms with van der Waals surface area (Å²) in [5.41, 5.74) is -0.119. The molecule has 6 nitrogen and oxygen atoms in total. The number of carbonyl (C=O) groups excluding carboxylic acids is 2. The summed E-state index contributed by atoms with van der Waals surface area (Å²) in [7, 11) is 0. The Bertz CT molecular complexity index is 562. The third kappa shape index (κ3) is 6.46. The molecule has 0 radical (unpaired) electrons. The molecule has 0 aromatic heterocycles. The average molecular weight is 342 g/mol. The minimum atomic E-state index is -0.948. The highest BCUT2D eigenvalue weighted by Gasteiger charge is 2.18. The minimum absolute atomic E-state index is 0.139. The van der Waals surface area contributed by atoms with Gasteiger partial charge < -0.3 is 21.1 Å². The molecule has 1 unspecified atom stereocenters. The molecule has 4 N–H and O–H groups in total. The van der Waals surface area contributed by atoms with E-state index in [4.69, 9.17) is 11.6 Å². The quantitative estimate of drug-likeness (QED) is 0.614. The number of carbonyl (C=O) groups is 2. The summed E-state index contributed by atoms with van der Waals surface area (Å²) in [6.07, 6.45) is 1.37. The van der Waals surface area contributed by atoms with Crippen molar-refractivity contribution in [1.29, 1.82) is 0 Å². The Morgan fingerprint density at radius 2 is 1.96 bits per heavy atom. The fraction of sp³-hybridized carbons (Fsp3) is 0.500. The van der Waals surface area contributed by atoms with Gasteiger partial charge in [0.05, 0.1) is 16.2 Å². The summed E-state index contributed by atoms with van der Waals surface area (Å²) >= 11 is 6.09. The summed E-state index contributed by atoms with van der Waals surface area (Å²) in [5, 5.41) is 18.0. The highest BCUT2D eigenvalue weighted by atomic mass is 35.5. The molecule has 0 saturated carbocycles. The highest BCUT2D eigenvalue weighted by molar-refractivity contribution is 6.34. The predicted molar refractivity (Wildman–Crippen MR) is 92.0 cm³/mol. The molecule has 0 spiro atoms. The molecule has 0 aliphatic rings. The van der Waals surface area contributed by atoms with Crippen LogP contribution < -0.4 is 16.0 Å². The van der Waals surface area contributed by atoms with Crippen molar-refractivity contribution in [2.75, 3.05) is 18.4 Å². The molecular weight excluding hydrogens is 318 g/mol.